The third-order valence-electron chi connectivity index (χ3n) is 5.94. The highest BCUT2D eigenvalue weighted by molar-refractivity contribution is 6.02. The van der Waals surface area contributed by atoms with Crippen LogP contribution in [0.4, 0.5) is 5.69 Å². The van der Waals surface area contributed by atoms with Crippen molar-refractivity contribution in [1.82, 2.24) is 5.32 Å². The summed E-state index contributed by atoms with van der Waals surface area (Å²) in [6.07, 6.45) is 5.95. The predicted octanol–water partition coefficient (Wildman–Crippen LogP) is 4.81. The van der Waals surface area contributed by atoms with Gasteiger partial charge in [-0.3, -0.25) is 4.79 Å². The van der Waals surface area contributed by atoms with Gasteiger partial charge in [0.15, 0.2) is 11.5 Å². The zero-order chi connectivity index (χ0) is 25.2. The standard InChI is InChI=1S/C29H32N2O5/c1-34-28-11-9-21(19-27(28)32)10-12-29(33)31-26-8-3-2-5-22(26)15-18-35-24-6-4-7-25(20-24)36-23-13-16-30-17-14-23/h2-12,19-20,23,30,32H,13-18H2,1H3,(H,31,33). The van der Waals surface area contributed by atoms with E-state index in [4.69, 9.17) is 14.2 Å². The maximum atomic E-state index is 12.5. The molecule has 3 aromatic carbocycles. The monoisotopic (exact) mass is 488 g/mol. The van der Waals surface area contributed by atoms with E-state index in [0.29, 0.717) is 24.3 Å². The first-order valence-corrected chi connectivity index (χ1v) is 12.1. The number of carbonyl (C=O) groups excluding carboxylic acids is 1. The van der Waals surface area contributed by atoms with Crippen LogP contribution in [0.25, 0.3) is 6.08 Å². The van der Waals surface area contributed by atoms with Crippen LogP contribution in [0, 0.1) is 0 Å². The van der Waals surface area contributed by atoms with Gasteiger partial charge in [-0.25, -0.2) is 0 Å². The Balaban J connectivity index is 1.30. The molecule has 3 aromatic rings. The number of hydrogen-bond acceptors (Lipinski definition) is 6. The first-order valence-electron chi connectivity index (χ1n) is 12.1. The average Bonchev–Trinajstić information content (AvgIpc) is 2.89. The summed E-state index contributed by atoms with van der Waals surface area (Å²) in [5.41, 5.74) is 2.40. The summed E-state index contributed by atoms with van der Waals surface area (Å²) >= 11 is 0. The number of piperidine rings is 1. The number of nitrogens with one attached hydrogen (secondary N) is 2. The van der Waals surface area contributed by atoms with Gasteiger partial charge in [-0.05, 0) is 73.5 Å². The number of hydrogen-bond donors (Lipinski definition) is 3. The second kappa shape index (κ2) is 12.7. The lowest BCUT2D eigenvalue weighted by Crippen LogP contribution is -2.34. The molecule has 7 heteroatoms. The molecule has 3 N–H and O–H groups in total. The lowest BCUT2D eigenvalue weighted by Gasteiger charge is -2.24. The second-order valence-electron chi connectivity index (χ2n) is 8.55. The summed E-state index contributed by atoms with van der Waals surface area (Å²) < 4.78 is 17.1. The van der Waals surface area contributed by atoms with Crippen LogP contribution in [0.5, 0.6) is 23.0 Å². The first kappa shape index (κ1) is 25.1. The van der Waals surface area contributed by atoms with Crippen LogP contribution < -0.4 is 24.8 Å². The smallest absolute Gasteiger partial charge is 0.248 e. The Hall–Kier alpha value is -3.97. The van der Waals surface area contributed by atoms with Gasteiger partial charge in [0, 0.05) is 24.3 Å². The molecule has 4 rings (SSSR count). The van der Waals surface area contributed by atoms with Gasteiger partial charge in [-0.1, -0.05) is 30.3 Å². The van der Waals surface area contributed by atoms with E-state index in [9.17, 15) is 9.90 Å². The number of anilines is 1. The van der Waals surface area contributed by atoms with E-state index in [1.54, 1.807) is 24.3 Å². The molecule has 1 saturated heterocycles. The summed E-state index contributed by atoms with van der Waals surface area (Å²) in [7, 11) is 1.49. The molecule has 1 amide bonds. The summed E-state index contributed by atoms with van der Waals surface area (Å²) in [5.74, 6) is 1.72. The van der Waals surface area contributed by atoms with E-state index in [2.05, 4.69) is 10.6 Å². The van der Waals surface area contributed by atoms with Gasteiger partial charge in [-0.15, -0.1) is 0 Å². The van der Waals surface area contributed by atoms with Crippen molar-refractivity contribution < 1.29 is 24.1 Å². The quantitative estimate of drug-likeness (QED) is 0.355. The van der Waals surface area contributed by atoms with E-state index in [0.717, 1.165) is 48.7 Å². The number of carbonyl (C=O) groups is 1. The van der Waals surface area contributed by atoms with Crippen molar-refractivity contribution in [1.29, 1.82) is 0 Å². The van der Waals surface area contributed by atoms with Gasteiger partial charge in [0.05, 0.1) is 13.7 Å². The lowest BCUT2D eigenvalue weighted by molar-refractivity contribution is -0.111. The van der Waals surface area contributed by atoms with Gasteiger partial charge in [0.2, 0.25) is 5.91 Å². The van der Waals surface area contributed by atoms with Crippen LogP contribution in [0.1, 0.15) is 24.0 Å². The van der Waals surface area contributed by atoms with E-state index in [-0.39, 0.29) is 17.8 Å². The van der Waals surface area contributed by atoms with Crippen LogP contribution >= 0.6 is 0 Å². The Labute approximate surface area is 211 Å². The van der Waals surface area contributed by atoms with E-state index in [1.807, 2.05) is 48.5 Å². The number of methoxy groups -OCH3 is 1. The number of para-hydroxylation sites is 1. The van der Waals surface area contributed by atoms with Crippen molar-refractivity contribution in [2.24, 2.45) is 0 Å². The number of phenolic OH excluding ortho intramolecular Hbond substituents is 1. The van der Waals surface area contributed by atoms with Crippen LogP contribution in [0.3, 0.4) is 0 Å². The Morgan fingerprint density at radius 3 is 2.67 bits per heavy atom. The molecule has 1 heterocycles. The zero-order valence-corrected chi connectivity index (χ0v) is 20.4. The van der Waals surface area contributed by atoms with Gasteiger partial charge in [0.1, 0.15) is 17.6 Å². The second-order valence-corrected chi connectivity index (χ2v) is 8.55. The van der Waals surface area contributed by atoms with Crippen molar-refractivity contribution >= 4 is 17.7 Å². The Kier molecular flexibility index (Phi) is 8.83. The minimum atomic E-state index is -0.263. The third-order valence-corrected chi connectivity index (χ3v) is 5.94. The Morgan fingerprint density at radius 1 is 1.06 bits per heavy atom. The number of ether oxygens (including phenoxy) is 3. The van der Waals surface area contributed by atoms with E-state index >= 15 is 0 Å². The van der Waals surface area contributed by atoms with Crippen molar-refractivity contribution in [2.45, 2.75) is 25.4 Å². The van der Waals surface area contributed by atoms with Crippen molar-refractivity contribution in [2.75, 3.05) is 32.1 Å². The Morgan fingerprint density at radius 2 is 1.86 bits per heavy atom. The summed E-state index contributed by atoms with van der Waals surface area (Å²) in [6, 6.07) is 20.4. The van der Waals surface area contributed by atoms with Crippen molar-refractivity contribution in [3.8, 4) is 23.0 Å². The van der Waals surface area contributed by atoms with E-state index in [1.165, 1.54) is 13.2 Å². The summed E-state index contributed by atoms with van der Waals surface area (Å²) in [5, 5.41) is 16.2. The van der Waals surface area contributed by atoms with Gasteiger partial charge >= 0.3 is 0 Å². The lowest BCUT2D eigenvalue weighted by atomic mass is 10.1. The average molecular weight is 489 g/mol. The molecule has 36 heavy (non-hydrogen) atoms. The molecule has 0 atom stereocenters. The molecule has 0 bridgehead atoms. The molecule has 0 saturated carbocycles. The highest BCUT2D eigenvalue weighted by atomic mass is 16.5. The fraction of sp³-hybridized carbons (Fsp3) is 0.276. The fourth-order valence-electron chi connectivity index (χ4n) is 4.04. The molecular formula is C29H32N2O5. The molecule has 0 spiro atoms. The van der Waals surface area contributed by atoms with Crippen molar-refractivity contribution in [3.05, 3.63) is 83.9 Å². The van der Waals surface area contributed by atoms with E-state index < -0.39 is 0 Å². The van der Waals surface area contributed by atoms with Crippen LogP contribution in [0.15, 0.2) is 72.8 Å². The van der Waals surface area contributed by atoms with Crippen LogP contribution in [-0.2, 0) is 11.2 Å². The van der Waals surface area contributed by atoms with Gasteiger partial charge in [0.25, 0.3) is 0 Å². The first-order chi connectivity index (χ1) is 17.6. The normalized spacial score (nSPS) is 13.9. The summed E-state index contributed by atoms with van der Waals surface area (Å²) in [6.45, 7) is 2.43. The minimum Gasteiger partial charge on any atom is -0.504 e. The molecular weight excluding hydrogens is 456 g/mol. The third kappa shape index (κ3) is 7.26. The highest BCUT2D eigenvalue weighted by Gasteiger charge is 2.14. The molecule has 188 valence electrons. The van der Waals surface area contributed by atoms with Gasteiger partial charge < -0.3 is 30.0 Å². The molecule has 1 fully saturated rings. The van der Waals surface area contributed by atoms with Crippen molar-refractivity contribution in [3.63, 3.8) is 0 Å². The number of phenols is 1. The maximum Gasteiger partial charge on any atom is 0.248 e. The molecule has 0 aromatic heterocycles. The van der Waals surface area contributed by atoms with Crippen LogP contribution in [0.2, 0.25) is 0 Å². The predicted molar refractivity (Wildman–Crippen MR) is 141 cm³/mol. The maximum absolute atomic E-state index is 12.5. The highest BCUT2D eigenvalue weighted by Crippen LogP contribution is 2.27. The molecule has 0 unspecified atom stereocenters. The molecule has 1 aliphatic heterocycles. The SMILES string of the molecule is COc1ccc(C=CC(=O)Nc2ccccc2CCOc2cccc(OC3CCNCC3)c2)cc1O. The number of aromatic hydroxyl groups is 1. The topological polar surface area (TPSA) is 89.1 Å². The van der Waals surface area contributed by atoms with Gasteiger partial charge in [-0.2, -0.15) is 0 Å². The number of amides is 1. The Bertz CT molecular complexity index is 1190. The zero-order valence-electron chi connectivity index (χ0n) is 20.4. The fourth-order valence-corrected chi connectivity index (χ4v) is 4.04. The minimum absolute atomic E-state index is 0.0220. The molecule has 7 nitrogen and oxygen atoms in total. The summed E-state index contributed by atoms with van der Waals surface area (Å²) in [4.78, 5) is 12.5. The molecule has 0 radical (unpaired) electrons. The number of benzene rings is 3. The largest absolute Gasteiger partial charge is 0.504 e. The number of rotatable bonds is 10. The van der Waals surface area contributed by atoms with Crippen LogP contribution in [-0.4, -0.2) is 43.9 Å². The molecule has 0 aliphatic carbocycles. The molecule has 1 aliphatic rings.